The Morgan fingerprint density at radius 3 is 2.74 bits per heavy atom. The number of nitrogen functional groups attached to an aromatic ring is 1. The van der Waals surface area contributed by atoms with Crippen LogP contribution in [0.25, 0.3) is 0 Å². The fourth-order valence-electron chi connectivity index (χ4n) is 2.53. The average Bonchev–Trinajstić information content (AvgIpc) is 2.23. The van der Waals surface area contributed by atoms with E-state index in [1.165, 1.54) is 0 Å². The van der Waals surface area contributed by atoms with Crippen molar-refractivity contribution in [3.8, 4) is 0 Å². The van der Waals surface area contributed by atoms with Crippen LogP contribution in [-0.2, 0) is 4.74 Å². The summed E-state index contributed by atoms with van der Waals surface area (Å²) in [6, 6.07) is 5.29. The van der Waals surface area contributed by atoms with Crippen molar-refractivity contribution in [1.82, 2.24) is 4.90 Å². The molecule has 1 aromatic carbocycles. The van der Waals surface area contributed by atoms with E-state index in [-0.39, 0.29) is 17.6 Å². The van der Waals surface area contributed by atoms with Gasteiger partial charge in [0.15, 0.2) is 0 Å². The van der Waals surface area contributed by atoms with Gasteiger partial charge in [-0.05, 0) is 39.0 Å². The molecule has 0 aromatic heterocycles. The number of ether oxygens (including phenoxy) is 1. The van der Waals surface area contributed by atoms with Gasteiger partial charge in [0.05, 0.1) is 11.7 Å². The number of amides is 1. The van der Waals surface area contributed by atoms with E-state index in [9.17, 15) is 4.79 Å². The van der Waals surface area contributed by atoms with Crippen LogP contribution in [0, 0.1) is 0 Å². The van der Waals surface area contributed by atoms with E-state index in [0.29, 0.717) is 24.3 Å². The highest BCUT2D eigenvalue weighted by molar-refractivity contribution is 9.10. The number of halogens is 1. The van der Waals surface area contributed by atoms with Gasteiger partial charge in [-0.25, -0.2) is 0 Å². The SMILES string of the molecule is CC1CN(C(=O)c2cc(N)cc(Br)c2)CC(C)(C)O1. The van der Waals surface area contributed by atoms with Crippen LogP contribution in [0.3, 0.4) is 0 Å². The summed E-state index contributed by atoms with van der Waals surface area (Å²) in [5.41, 5.74) is 6.66. The van der Waals surface area contributed by atoms with Crippen molar-refractivity contribution in [3.63, 3.8) is 0 Å². The first-order valence-corrected chi connectivity index (χ1v) is 7.09. The van der Waals surface area contributed by atoms with E-state index in [1.807, 2.05) is 25.7 Å². The number of morpholine rings is 1. The molecule has 1 atom stereocenters. The van der Waals surface area contributed by atoms with Crippen LogP contribution >= 0.6 is 15.9 Å². The lowest BCUT2D eigenvalue weighted by atomic mass is 10.0. The molecule has 4 nitrogen and oxygen atoms in total. The quantitative estimate of drug-likeness (QED) is 0.807. The maximum Gasteiger partial charge on any atom is 0.254 e. The van der Waals surface area contributed by atoms with Crippen LogP contribution in [0.15, 0.2) is 22.7 Å². The lowest BCUT2D eigenvalue weighted by Crippen LogP contribution is -2.53. The minimum atomic E-state index is -0.315. The third-order valence-electron chi connectivity index (χ3n) is 3.02. The topological polar surface area (TPSA) is 55.6 Å². The first-order chi connectivity index (χ1) is 8.77. The van der Waals surface area contributed by atoms with Crippen molar-refractivity contribution in [3.05, 3.63) is 28.2 Å². The van der Waals surface area contributed by atoms with Crippen LogP contribution in [0.2, 0.25) is 0 Å². The van der Waals surface area contributed by atoms with E-state index >= 15 is 0 Å². The summed E-state index contributed by atoms with van der Waals surface area (Å²) in [6.45, 7) is 7.17. The minimum Gasteiger partial charge on any atom is -0.399 e. The number of carbonyl (C=O) groups is 1. The Bertz CT molecular complexity index is 482. The highest BCUT2D eigenvalue weighted by atomic mass is 79.9. The van der Waals surface area contributed by atoms with Crippen molar-refractivity contribution in [2.24, 2.45) is 0 Å². The van der Waals surface area contributed by atoms with E-state index in [1.54, 1.807) is 18.2 Å². The molecule has 0 spiro atoms. The normalized spacial score (nSPS) is 22.3. The van der Waals surface area contributed by atoms with Crippen LogP contribution in [-0.4, -0.2) is 35.6 Å². The lowest BCUT2D eigenvalue weighted by molar-refractivity contribution is -0.118. The van der Waals surface area contributed by atoms with E-state index < -0.39 is 0 Å². The second kappa shape index (κ2) is 5.13. The molecule has 1 saturated heterocycles. The van der Waals surface area contributed by atoms with Gasteiger partial charge < -0.3 is 15.4 Å². The molecule has 2 N–H and O–H groups in total. The number of nitrogens with zero attached hydrogens (tertiary/aromatic N) is 1. The molecule has 0 saturated carbocycles. The summed E-state index contributed by atoms with van der Waals surface area (Å²) >= 11 is 3.36. The summed E-state index contributed by atoms with van der Waals surface area (Å²) < 4.78 is 6.63. The zero-order valence-electron chi connectivity index (χ0n) is 11.4. The number of rotatable bonds is 1. The predicted molar refractivity (Wildman–Crippen MR) is 79.1 cm³/mol. The first-order valence-electron chi connectivity index (χ1n) is 6.30. The van der Waals surface area contributed by atoms with Crippen molar-refractivity contribution in [2.75, 3.05) is 18.8 Å². The van der Waals surface area contributed by atoms with Crippen LogP contribution in [0.1, 0.15) is 31.1 Å². The maximum absolute atomic E-state index is 12.5. The third-order valence-corrected chi connectivity index (χ3v) is 3.48. The molecule has 1 aromatic rings. The Labute approximate surface area is 122 Å². The van der Waals surface area contributed by atoms with Gasteiger partial charge in [-0.2, -0.15) is 0 Å². The number of nitrogens with two attached hydrogens (primary N) is 1. The van der Waals surface area contributed by atoms with Gasteiger partial charge in [0.2, 0.25) is 0 Å². The van der Waals surface area contributed by atoms with E-state index in [0.717, 1.165) is 4.47 Å². The Morgan fingerprint density at radius 2 is 2.16 bits per heavy atom. The van der Waals surface area contributed by atoms with Gasteiger partial charge in [-0.1, -0.05) is 15.9 Å². The van der Waals surface area contributed by atoms with Crippen LogP contribution < -0.4 is 5.73 Å². The predicted octanol–water partition coefficient (Wildman–Crippen LogP) is 2.67. The number of hydrogen-bond donors (Lipinski definition) is 1. The minimum absolute atomic E-state index is 0.00350. The number of anilines is 1. The molecule has 2 rings (SSSR count). The monoisotopic (exact) mass is 326 g/mol. The fraction of sp³-hybridized carbons (Fsp3) is 0.500. The molecule has 0 radical (unpaired) electrons. The number of carbonyl (C=O) groups excluding carboxylic acids is 1. The largest absolute Gasteiger partial charge is 0.399 e. The molecule has 1 unspecified atom stereocenters. The molecule has 1 aliphatic rings. The Hall–Kier alpha value is -1.07. The number of benzene rings is 1. The van der Waals surface area contributed by atoms with Gasteiger partial charge in [0, 0.05) is 28.8 Å². The molecule has 1 amide bonds. The Kier molecular flexibility index (Phi) is 3.87. The highest BCUT2D eigenvalue weighted by Crippen LogP contribution is 2.24. The summed E-state index contributed by atoms with van der Waals surface area (Å²) in [4.78, 5) is 14.4. The van der Waals surface area contributed by atoms with Gasteiger partial charge in [-0.3, -0.25) is 4.79 Å². The first kappa shape index (κ1) is 14.3. The Balaban J connectivity index is 2.23. The van der Waals surface area contributed by atoms with Crippen LogP contribution in [0.4, 0.5) is 5.69 Å². The summed E-state index contributed by atoms with van der Waals surface area (Å²) in [6.07, 6.45) is 0.0391. The standard InChI is InChI=1S/C14H19BrN2O2/c1-9-7-17(8-14(2,3)19-9)13(18)10-4-11(15)6-12(16)5-10/h4-6,9H,7-8,16H2,1-3H3. The van der Waals surface area contributed by atoms with E-state index in [4.69, 9.17) is 10.5 Å². The molecule has 1 aliphatic heterocycles. The van der Waals surface area contributed by atoms with Gasteiger partial charge in [-0.15, -0.1) is 0 Å². The highest BCUT2D eigenvalue weighted by Gasteiger charge is 2.34. The molecule has 0 bridgehead atoms. The molecule has 5 heteroatoms. The molecule has 19 heavy (non-hydrogen) atoms. The number of hydrogen-bond acceptors (Lipinski definition) is 3. The van der Waals surface area contributed by atoms with E-state index in [2.05, 4.69) is 15.9 Å². The Morgan fingerprint density at radius 1 is 1.47 bits per heavy atom. The van der Waals surface area contributed by atoms with Crippen LogP contribution in [0.5, 0.6) is 0 Å². The molecule has 104 valence electrons. The molecule has 1 heterocycles. The second-order valence-corrected chi connectivity index (χ2v) is 6.56. The molecule has 0 aliphatic carbocycles. The average molecular weight is 327 g/mol. The van der Waals surface area contributed by atoms with Crippen molar-refractivity contribution in [1.29, 1.82) is 0 Å². The maximum atomic E-state index is 12.5. The van der Waals surface area contributed by atoms with Gasteiger partial charge >= 0.3 is 0 Å². The fourth-order valence-corrected chi connectivity index (χ4v) is 3.04. The van der Waals surface area contributed by atoms with Crippen molar-refractivity contribution < 1.29 is 9.53 Å². The summed E-state index contributed by atoms with van der Waals surface area (Å²) in [5.74, 6) is -0.00350. The zero-order chi connectivity index (χ0) is 14.2. The van der Waals surface area contributed by atoms with Crippen molar-refractivity contribution in [2.45, 2.75) is 32.5 Å². The molecular formula is C14H19BrN2O2. The smallest absolute Gasteiger partial charge is 0.254 e. The van der Waals surface area contributed by atoms with Crippen molar-refractivity contribution >= 4 is 27.5 Å². The zero-order valence-corrected chi connectivity index (χ0v) is 13.0. The summed E-state index contributed by atoms with van der Waals surface area (Å²) in [5, 5.41) is 0. The third kappa shape index (κ3) is 3.48. The second-order valence-electron chi connectivity index (χ2n) is 5.65. The van der Waals surface area contributed by atoms with Gasteiger partial charge in [0.25, 0.3) is 5.91 Å². The lowest BCUT2D eigenvalue weighted by Gasteiger charge is -2.41. The molecular weight excluding hydrogens is 308 g/mol. The van der Waals surface area contributed by atoms with Gasteiger partial charge in [0.1, 0.15) is 0 Å². The summed E-state index contributed by atoms with van der Waals surface area (Å²) in [7, 11) is 0. The molecule has 1 fully saturated rings.